The fourth-order valence-corrected chi connectivity index (χ4v) is 19.7. The van der Waals surface area contributed by atoms with Crippen LogP contribution in [0.5, 0.6) is 0 Å². The standard InChI is InChI=1S/C41H85N.C32H67N.C30H63N.C21H45N/c1-4-6-8-10-12-14-16-18-20-22-24-26-28-30-32-34-36-38-40-42(3)41-39-37-35-33-31-29-27-25-23-21-19-17-15-13-11-9-7-5-2;1-4-7-9-11-13-15-16-17-18-19-20-21-22-23-24-26-28-30-32-33(6-3)31-29-27-25-14-12-10-8-5-2;1-4-7-9-11-13-15-16-17-18-19-20-21-22-24-26-28-30-31(6-3)29-27-25-23-14-12-10-8-5-2;1-4-6-8-10-12-13-14-15-17-19-21-22(3)20-18-16-11-9-7-5-2/h4-41H2,1-3H3;4-32H2,1-3H3;4-30H2,1-3H3;4-21H2,1-3H3. The summed E-state index contributed by atoms with van der Waals surface area (Å²) in [5, 5.41) is 0. The highest BCUT2D eigenvalue weighted by Gasteiger charge is 2.08. The van der Waals surface area contributed by atoms with E-state index in [0.29, 0.717) is 0 Å². The van der Waals surface area contributed by atoms with Crippen molar-refractivity contribution in [2.45, 2.75) is 724 Å². The molecule has 0 unspecified atom stereocenters. The summed E-state index contributed by atoms with van der Waals surface area (Å²) < 4.78 is 0. The van der Waals surface area contributed by atoms with Gasteiger partial charge in [-0.2, -0.15) is 0 Å². The predicted octanol–water partition coefficient (Wildman–Crippen LogP) is 44.4. The predicted molar refractivity (Wildman–Crippen MR) is 596 cm³/mol. The molecule has 0 radical (unpaired) electrons. The van der Waals surface area contributed by atoms with Crippen LogP contribution in [0, 0.1) is 0 Å². The van der Waals surface area contributed by atoms with E-state index < -0.39 is 0 Å². The molecule has 4 nitrogen and oxygen atoms in total. The fourth-order valence-electron chi connectivity index (χ4n) is 19.7. The van der Waals surface area contributed by atoms with Crippen molar-refractivity contribution in [2.24, 2.45) is 0 Å². The fraction of sp³-hybridized carbons (Fsp3) is 1.00. The van der Waals surface area contributed by atoms with Crippen LogP contribution in [0.4, 0.5) is 0 Å². The summed E-state index contributed by atoms with van der Waals surface area (Å²) in [6, 6.07) is 0. The molecule has 0 amide bonds. The summed E-state index contributed by atoms with van der Waals surface area (Å²) >= 11 is 0. The van der Waals surface area contributed by atoms with Gasteiger partial charge in [0.25, 0.3) is 0 Å². The van der Waals surface area contributed by atoms with Gasteiger partial charge in [0.05, 0.1) is 0 Å². The minimum absolute atomic E-state index is 1.25. The highest BCUT2D eigenvalue weighted by atomic mass is 15.1. The lowest BCUT2D eigenvalue weighted by Crippen LogP contribution is -2.25. The summed E-state index contributed by atoms with van der Waals surface area (Å²) in [5.41, 5.74) is 0. The van der Waals surface area contributed by atoms with Gasteiger partial charge in [-0.15, -0.1) is 0 Å². The molecule has 0 aromatic rings. The SMILES string of the molecule is CCCCCCCCCCCCCCCCCCCCN(C)CCCCCCCCCCCCCCCCCCCC.CCCCCCCCCCCCCCCCCCCCN(CC)CCCCCCCCCC.CCCCCCCCCCCCCCCCCCN(CC)CCCCCCCCCC.CCCCCCCCCCCCN(C)CCCCCCCC. The molecular weight excluding hydrogens is 1550 g/mol. The van der Waals surface area contributed by atoms with Gasteiger partial charge in [0.15, 0.2) is 0 Å². The van der Waals surface area contributed by atoms with E-state index in [1.165, 1.54) is 720 Å². The van der Waals surface area contributed by atoms with Crippen LogP contribution in [-0.4, -0.2) is 99.1 Å². The summed E-state index contributed by atoms with van der Waals surface area (Å²) in [5.74, 6) is 0. The Hall–Kier alpha value is -0.160. The first-order chi connectivity index (χ1) is 63.3. The van der Waals surface area contributed by atoms with Crippen LogP contribution in [0.25, 0.3) is 0 Å². The quantitative estimate of drug-likeness (QED) is 0.0563. The molecule has 0 N–H and O–H groups in total. The summed E-state index contributed by atoms with van der Waals surface area (Å²) in [6.45, 7) is 36.2. The lowest BCUT2D eigenvalue weighted by atomic mass is 10.0. The Kier molecular flexibility index (Phi) is 137. The van der Waals surface area contributed by atoms with Crippen LogP contribution in [0.3, 0.4) is 0 Å². The Bertz CT molecular complexity index is 1710. The maximum Gasteiger partial charge on any atom is -0.00189 e. The van der Waals surface area contributed by atoms with Gasteiger partial charge < -0.3 is 19.6 Å². The number of hydrogen-bond acceptors (Lipinski definition) is 4. The van der Waals surface area contributed by atoms with Gasteiger partial charge >= 0.3 is 0 Å². The van der Waals surface area contributed by atoms with Crippen LogP contribution in [-0.2, 0) is 0 Å². The van der Waals surface area contributed by atoms with E-state index >= 15 is 0 Å². The molecule has 128 heavy (non-hydrogen) atoms. The van der Waals surface area contributed by atoms with Gasteiger partial charge in [0.2, 0.25) is 0 Å². The van der Waals surface area contributed by atoms with Crippen molar-refractivity contribution < 1.29 is 0 Å². The van der Waals surface area contributed by atoms with Crippen molar-refractivity contribution in [1.82, 2.24) is 19.6 Å². The molecule has 0 aromatic carbocycles. The second-order valence-corrected chi connectivity index (χ2v) is 42.7. The lowest BCUT2D eigenvalue weighted by Gasteiger charge is -2.20. The Balaban J connectivity index is -0.000000819. The van der Waals surface area contributed by atoms with Gasteiger partial charge in [-0.05, 0) is 131 Å². The molecule has 0 aliphatic carbocycles. The third kappa shape index (κ3) is 132. The van der Waals surface area contributed by atoms with E-state index in [9.17, 15) is 0 Å². The van der Waals surface area contributed by atoms with Gasteiger partial charge in [0.1, 0.15) is 0 Å². The van der Waals surface area contributed by atoms with E-state index in [2.05, 4.69) is 103 Å². The average Bonchev–Trinajstić information content (AvgIpc) is 1.01. The zero-order chi connectivity index (χ0) is 93.5. The zero-order valence-corrected chi connectivity index (χ0v) is 93.0. The van der Waals surface area contributed by atoms with E-state index in [1.54, 1.807) is 0 Å². The average molecular weight is 1810 g/mol. The van der Waals surface area contributed by atoms with Crippen molar-refractivity contribution in [3.63, 3.8) is 0 Å². The summed E-state index contributed by atoms with van der Waals surface area (Å²) in [6.07, 6.45) is 149. The number of unbranched alkanes of at least 4 members (excludes halogenated alkanes) is 94. The van der Waals surface area contributed by atoms with E-state index in [0.717, 1.165) is 0 Å². The molecule has 0 aliphatic rings. The molecule has 0 spiro atoms. The normalized spacial score (nSPS) is 11.6. The molecule has 0 atom stereocenters. The second-order valence-electron chi connectivity index (χ2n) is 42.7. The second kappa shape index (κ2) is 131. The molecule has 776 valence electrons. The van der Waals surface area contributed by atoms with Crippen molar-refractivity contribution in [3.05, 3.63) is 0 Å². The monoisotopic (exact) mass is 1810 g/mol. The third-order valence-corrected chi connectivity index (χ3v) is 29.3. The lowest BCUT2D eigenvalue weighted by molar-refractivity contribution is 0.273. The van der Waals surface area contributed by atoms with Gasteiger partial charge in [0, 0.05) is 0 Å². The van der Waals surface area contributed by atoms with Gasteiger partial charge in [-0.3, -0.25) is 0 Å². The first-order valence-corrected chi connectivity index (χ1v) is 62.1. The maximum absolute atomic E-state index is 2.70. The van der Waals surface area contributed by atoms with Gasteiger partial charge in [-0.1, -0.05) is 673 Å². The van der Waals surface area contributed by atoms with Gasteiger partial charge in [-0.25, -0.2) is 0 Å². The van der Waals surface area contributed by atoms with Crippen molar-refractivity contribution >= 4 is 0 Å². The van der Waals surface area contributed by atoms with E-state index in [4.69, 9.17) is 0 Å². The third-order valence-electron chi connectivity index (χ3n) is 29.3. The first kappa shape index (κ1) is 134. The molecule has 0 rings (SSSR count). The zero-order valence-electron chi connectivity index (χ0n) is 93.0. The van der Waals surface area contributed by atoms with Crippen LogP contribution in [0.1, 0.15) is 724 Å². The van der Waals surface area contributed by atoms with Crippen LogP contribution in [0.15, 0.2) is 0 Å². The van der Waals surface area contributed by atoms with E-state index in [1.807, 2.05) is 0 Å². The number of rotatable bonds is 112. The Morgan fingerprint density at radius 1 is 0.0859 bits per heavy atom. The topological polar surface area (TPSA) is 13.0 Å². The highest BCUT2D eigenvalue weighted by molar-refractivity contribution is 4.64. The Morgan fingerprint density at radius 2 is 0.156 bits per heavy atom. The van der Waals surface area contributed by atoms with Crippen molar-refractivity contribution in [2.75, 3.05) is 79.5 Å². The number of nitrogens with zero attached hydrogens (tertiary/aromatic N) is 4. The minimum Gasteiger partial charge on any atom is -0.306 e. The largest absolute Gasteiger partial charge is 0.306 e. The molecule has 0 saturated carbocycles. The molecular formula is C124H260N4. The van der Waals surface area contributed by atoms with Crippen LogP contribution in [0.2, 0.25) is 0 Å². The molecule has 0 aliphatic heterocycles. The van der Waals surface area contributed by atoms with Crippen LogP contribution >= 0.6 is 0 Å². The Labute approximate surface area is 818 Å². The van der Waals surface area contributed by atoms with E-state index in [-0.39, 0.29) is 0 Å². The smallest absolute Gasteiger partial charge is 0.00189 e. The van der Waals surface area contributed by atoms with Crippen molar-refractivity contribution in [3.8, 4) is 0 Å². The minimum atomic E-state index is 1.25. The summed E-state index contributed by atoms with van der Waals surface area (Å²) in [7, 11) is 4.65. The Morgan fingerprint density at radius 3 is 0.234 bits per heavy atom. The molecule has 0 heterocycles. The maximum atomic E-state index is 2.70. The van der Waals surface area contributed by atoms with Crippen LogP contribution < -0.4 is 0 Å². The molecule has 4 heteroatoms. The molecule has 0 saturated heterocycles. The highest BCUT2D eigenvalue weighted by Crippen LogP contribution is 2.23. The number of hydrogen-bond donors (Lipinski definition) is 0. The molecule has 0 bridgehead atoms. The summed E-state index contributed by atoms with van der Waals surface area (Å²) in [4.78, 5) is 10.5. The van der Waals surface area contributed by atoms with Crippen molar-refractivity contribution in [1.29, 1.82) is 0 Å². The molecule has 0 aromatic heterocycles. The first-order valence-electron chi connectivity index (χ1n) is 62.1. The molecule has 0 fully saturated rings.